The van der Waals surface area contributed by atoms with Gasteiger partial charge in [0.25, 0.3) is 0 Å². The Labute approximate surface area is 173 Å². The maximum atomic E-state index is 10.6. The van der Waals surface area contributed by atoms with Crippen LogP contribution < -0.4 is 9.64 Å². The molecule has 1 heterocycles. The minimum Gasteiger partial charge on any atom is -0.495 e. The number of para-hydroxylation sites is 2. The number of piperazine rings is 1. The van der Waals surface area contributed by atoms with Crippen molar-refractivity contribution in [1.82, 2.24) is 4.90 Å². The van der Waals surface area contributed by atoms with Gasteiger partial charge in [0.05, 0.1) is 12.8 Å². The van der Waals surface area contributed by atoms with E-state index < -0.39 is 6.10 Å². The number of aliphatic hydroxyl groups excluding tert-OH is 1. The van der Waals surface area contributed by atoms with Crippen LogP contribution in [0.3, 0.4) is 0 Å². The summed E-state index contributed by atoms with van der Waals surface area (Å²) in [5, 5.41) is 10.6. The van der Waals surface area contributed by atoms with E-state index in [9.17, 15) is 5.11 Å². The zero-order chi connectivity index (χ0) is 20.1. The largest absolute Gasteiger partial charge is 0.495 e. The lowest BCUT2D eigenvalue weighted by Crippen LogP contribution is -2.46. The van der Waals surface area contributed by atoms with Gasteiger partial charge in [-0.05, 0) is 28.8 Å². The van der Waals surface area contributed by atoms with Crippen molar-refractivity contribution in [2.45, 2.75) is 12.6 Å². The third-order valence-corrected chi connectivity index (χ3v) is 5.62. The van der Waals surface area contributed by atoms with Gasteiger partial charge in [-0.25, -0.2) is 0 Å². The van der Waals surface area contributed by atoms with Gasteiger partial charge in [0.1, 0.15) is 11.9 Å². The van der Waals surface area contributed by atoms with Gasteiger partial charge in [-0.2, -0.15) is 0 Å². The van der Waals surface area contributed by atoms with E-state index >= 15 is 0 Å². The molecule has 1 aliphatic heterocycles. The predicted octanol–water partition coefficient (Wildman–Crippen LogP) is 4.10. The summed E-state index contributed by atoms with van der Waals surface area (Å²) in [6.45, 7) is 4.96. The Morgan fingerprint density at radius 3 is 2.10 bits per heavy atom. The van der Waals surface area contributed by atoms with E-state index in [4.69, 9.17) is 4.74 Å². The number of methoxy groups -OCH3 is 1. The summed E-state index contributed by atoms with van der Waals surface area (Å²) in [5.41, 5.74) is 4.31. The van der Waals surface area contributed by atoms with E-state index in [0.717, 1.165) is 49.6 Å². The first-order valence-corrected chi connectivity index (χ1v) is 10.2. The van der Waals surface area contributed by atoms with Crippen molar-refractivity contribution in [2.24, 2.45) is 0 Å². The zero-order valence-electron chi connectivity index (χ0n) is 16.9. The van der Waals surface area contributed by atoms with Gasteiger partial charge in [0.15, 0.2) is 0 Å². The fourth-order valence-corrected chi connectivity index (χ4v) is 3.93. The summed E-state index contributed by atoms with van der Waals surface area (Å²) in [7, 11) is 1.73. The normalized spacial score (nSPS) is 15.9. The molecule has 1 fully saturated rings. The quantitative estimate of drug-likeness (QED) is 0.690. The summed E-state index contributed by atoms with van der Waals surface area (Å²) in [6, 6.07) is 26.4. The summed E-state index contributed by atoms with van der Waals surface area (Å²) < 4.78 is 5.51. The second-order valence-electron chi connectivity index (χ2n) is 7.49. The Balaban J connectivity index is 1.34. The Hall–Kier alpha value is -2.82. The number of ether oxygens (including phenoxy) is 1. The molecule has 1 unspecified atom stereocenters. The van der Waals surface area contributed by atoms with Crippen LogP contribution in [0.15, 0.2) is 78.9 Å². The van der Waals surface area contributed by atoms with E-state index in [2.05, 4.69) is 34.1 Å². The average Bonchev–Trinajstić information content (AvgIpc) is 2.80. The molecule has 1 saturated heterocycles. The molecule has 150 valence electrons. The van der Waals surface area contributed by atoms with Crippen molar-refractivity contribution >= 4 is 5.69 Å². The predicted molar refractivity (Wildman–Crippen MR) is 117 cm³/mol. The van der Waals surface area contributed by atoms with Gasteiger partial charge >= 0.3 is 0 Å². The number of hydrogen-bond acceptors (Lipinski definition) is 4. The van der Waals surface area contributed by atoms with E-state index in [-0.39, 0.29) is 0 Å². The lowest BCUT2D eigenvalue weighted by atomic mass is 10.0. The first-order valence-electron chi connectivity index (χ1n) is 10.2. The van der Waals surface area contributed by atoms with Gasteiger partial charge in [-0.15, -0.1) is 0 Å². The fraction of sp³-hybridized carbons (Fsp3) is 0.280. The first-order chi connectivity index (χ1) is 14.2. The monoisotopic (exact) mass is 388 g/mol. The minimum absolute atomic E-state index is 0.574. The number of benzene rings is 3. The SMILES string of the molecule is COc1ccccc1N1CCN(Cc2ccc(C(O)c3ccccc3)cc2)CC1. The minimum atomic E-state index is -0.574. The van der Waals surface area contributed by atoms with Gasteiger partial charge in [0.2, 0.25) is 0 Å². The summed E-state index contributed by atoms with van der Waals surface area (Å²) >= 11 is 0. The molecular weight excluding hydrogens is 360 g/mol. The molecule has 0 spiro atoms. The van der Waals surface area contributed by atoms with Crippen LogP contribution in [0.1, 0.15) is 22.8 Å². The second kappa shape index (κ2) is 9.12. The lowest BCUT2D eigenvalue weighted by Gasteiger charge is -2.36. The maximum Gasteiger partial charge on any atom is 0.142 e. The molecule has 29 heavy (non-hydrogen) atoms. The highest BCUT2D eigenvalue weighted by Crippen LogP contribution is 2.28. The Morgan fingerprint density at radius 1 is 0.793 bits per heavy atom. The Bertz CT molecular complexity index is 904. The molecule has 1 aliphatic rings. The molecular formula is C25H28N2O2. The topological polar surface area (TPSA) is 35.9 Å². The fourth-order valence-electron chi connectivity index (χ4n) is 3.93. The molecule has 4 rings (SSSR count). The molecule has 0 bridgehead atoms. The molecule has 0 amide bonds. The van der Waals surface area contributed by atoms with E-state index in [0.29, 0.717) is 0 Å². The Morgan fingerprint density at radius 2 is 1.41 bits per heavy atom. The lowest BCUT2D eigenvalue weighted by molar-refractivity contribution is 0.220. The number of nitrogens with zero attached hydrogens (tertiary/aromatic N) is 2. The Kier molecular flexibility index (Phi) is 6.13. The molecule has 3 aromatic carbocycles. The standard InChI is InChI=1S/C25H28N2O2/c1-29-24-10-6-5-9-23(24)27-17-15-26(16-18-27)19-20-11-13-22(14-12-20)25(28)21-7-3-2-4-8-21/h2-14,25,28H,15-19H2,1H3. The molecule has 0 saturated carbocycles. The molecule has 1 atom stereocenters. The van der Waals surface area contributed by atoms with E-state index in [1.807, 2.05) is 54.6 Å². The van der Waals surface area contributed by atoms with Crippen molar-refractivity contribution in [2.75, 3.05) is 38.2 Å². The van der Waals surface area contributed by atoms with Gasteiger partial charge in [-0.1, -0.05) is 66.7 Å². The van der Waals surface area contributed by atoms with Crippen molar-refractivity contribution in [3.05, 3.63) is 95.6 Å². The van der Waals surface area contributed by atoms with Crippen LogP contribution in [-0.4, -0.2) is 43.3 Å². The van der Waals surface area contributed by atoms with Crippen molar-refractivity contribution in [1.29, 1.82) is 0 Å². The molecule has 4 heteroatoms. The first kappa shape index (κ1) is 19.5. The van der Waals surface area contributed by atoms with Crippen LogP contribution in [0, 0.1) is 0 Å². The molecule has 0 aromatic heterocycles. The number of rotatable bonds is 6. The molecule has 0 radical (unpaired) electrons. The van der Waals surface area contributed by atoms with Crippen LogP contribution in [0.5, 0.6) is 5.75 Å². The number of anilines is 1. The highest BCUT2D eigenvalue weighted by molar-refractivity contribution is 5.58. The molecule has 0 aliphatic carbocycles. The third kappa shape index (κ3) is 4.61. The molecule has 4 nitrogen and oxygen atoms in total. The van der Waals surface area contributed by atoms with Gasteiger partial charge in [-0.3, -0.25) is 4.90 Å². The van der Waals surface area contributed by atoms with Crippen LogP contribution in [0.4, 0.5) is 5.69 Å². The van der Waals surface area contributed by atoms with Gasteiger partial charge in [0, 0.05) is 32.7 Å². The van der Waals surface area contributed by atoms with Crippen LogP contribution >= 0.6 is 0 Å². The highest BCUT2D eigenvalue weighted by Gasteiger charge is 2.19. The molecule has 1 N–H and O–H groups in total. The second-order valence-corrected chi connectivity index (χ2v) is 7.49. The number of hydrogen-bond donors (Lipinski definition) is 1. The van der Waals surface area contributed by atoms with Crippen molar-refractivity contribution in [3.8, 4) is 5.75 Å². The summed E-state index contributed by atoms with van der Waals surface area (Å²) in [5.74, 6) is 0.938. The van der Waals surface area contributed by atoms with E-state index in [1.54, 1.807) is 7.11 Å². The highest BCUT2D eigenvalue weighted by atomic mass is 16.5. The number of aliphatic hydroxyl groups is 1. The summed E-state index contributed by atoms with van der Waals surface area (Å²) in [4.78, 5) is 4.88. The average molecular weight is 389 g/mol. The zero-order valence-corrected chi connectivity index (χ0v) is 16.9. The third-order valence-electron chi connectivity index (χ3n) is 5.62. The smallest absolute Gasteiger partial charge is 0.142 e. The van der Waals surface area contributed by atoms with Crippen molar-refractivity contribution < 1.29 is 9.84 Å². The van der Waals surface area contributed by atoms with Crippen LogP contribution in [-0.2, 0) is 6.54 Å². The van der Waals surface area contributed by atoms with E-state index in [1.165, 1.54) is 11.3 Å². The van der Waals surface area contributed by atoms with Crippen molar-refractivity contribution in [3.63, 3.8) is 0 Å². The summed E-state index contributed by atoms with van der Waals surface area (Å²) in [6.07, 6.45) is -0.574. The maximum absolute atomic E-state index is 10.6. The van der Waals surface area contributed by atoms with Crippen LogP contribution in [0.2, 0.25) is 0 Å². The molecule has 3 aromatic rings. The van der Waals surface area contributed by atoms with Gasteiger partial charge < -0.3 is 14.7 Å². The van der Waals surface area contributed by atoms with Crippen LogP contribution in [0.25, 0.3) is 0 Å².